The predicted octanol–water partition coefficient (Wildman–Crippen LogP) is 3.30. The van der Waals surface area contributed by atoms with E-state index in [2.05, 4.69) is 20.9 Å². The summed E-state index contributed by atoms with van der Waals surface area (Å²) in [6.45, 7) is 3.88. The van der Waals surface area contributed by atoms with Crippen molar-refractivity contribution in [3.8, 4) is 0 Å². The van der Waals surface area contributed by atoms with Crippen molar-refractivity contribution >= 4 is 15.9 Å². The summed E-state index contributed by atoms with van der Waals surface area (Å²) in [4.78, 5) is 4.13. The van der Waals surface area contributed by atoms with E-state index in [9.17, 15) is 0 Å². The minimum absolute atomic E-state index is 0.0523. The van der Waals surface area contributed by atoms with E-state index >= 15 is 0 Å². The second-order valence-electron chi connectivity index (χ2n) is 4.19. The molecule has 2 aromatic rings. The Balaban J connectivity index is 2.16. The number of rotatable bonds is 3. The van der Waals surface area contributed by atoms with Gasteiger partial charge in [-0.05, 0) is 53.9 Å². The highest BCUT2D eigenvalue weighted by Gasteiger charge is 2.13. The maximum atomic E-state index is 6.19. The van der Waals surface area contributed by atoms with Crippen molar-refractivity contribution in [3.05, 3.63) is 51.6 Å². The van der Waals surface area contributed by atoms with E-state index in [1.165, 1.54) is 0 Å². The molecule has 2 aromatic heterocycles. The van der Waals surface area contributed by atoms with Crippen molar-refractivity contribution in [2.75, 3.05) is 0 Å². The summed E-state index contributed by atoms with van der Waals surface area (Å²) in [5.74, 6) is 1.80. The van der Waals surface area contributed by atoms with Gasteiger partial charge in [-0.2, -0.15) is 0 Å². The molecular weight excluding hydrogens is 280 g/mol. The highest BCUT2D eigenvalue weighted by atomic mass is 79.9. The number of aryl methyl sites for hydroxylation is 2. The number of pyridine rings is 1. The summed E-state index contributed by atoms with van der Waals surface area (Å²) in [6, 6.07) is 3.99. The van der Waals surface area contributed by atoms with Gasteiger partial charge < -0.3 is 10.2 Å². The quantitative estimate of drug-likeness (QED) is 0.945. The van der Waals surface area contributed by atoms with Crippen molar-refractivity contribution in [1.29, 1.82) is 0 Å². The monoisotopic (exact) mass is 294 g/mol. The van der Waals surface area contributed by atoms with Crippen molar-refractivity contribution in [1.82, 2.24) is 4.98 Å². The van der Waals surface area contributed by atoms with Crippen LogP contribution in [0.25, 0.3) is 0 Å². The number of nitrogens with two attached hydrogens (primary N) is 1. The minimum Gasteiger partial charge on any atom is -0.466 e. The zero-order valence-electron chi connectivity index (χ0n) is 9.90. The molecule has 0 fully saturated rings. The summed E-state index contributed by atoms with van der Waals surface area (Å²) in [6.07, 6.45) is 4.36. The number of nitrogens with zero attached hydrogens (tertiary/aromatic N) is 1. The molecule has 1 atom stereocenters. The fourth-order valence-electron chi connectivity index (χ4n) is 1.95. The fraction of sp³-hybridized carbons (Fsp3) is 0.308. The van der Waals surface area contributed by atoms with E-state index in [4.69, 9.17) is 10.2 Å². The van der Waals surface area contributed by atoms with Crippen LogP contribution in [0.3, 0.4) is 0 Å². The SMILES string of the molecule is Cc1cc(C(N)Cc2cncc(Br)c2)c(C)o1. The number of furan rings is 1. The molecule has 4 heteroatoms. The van der Waals surface area contributed by atoms with Gasteiger partial charge in [0.05, 0.1) is 0 Å². The first kappa shape index (κ1) is 12.3. The largest absolute Gasteiger partial charge is 0.466 e. The van der Waals surface area contributed by atoms with Crippen molar-refractivity contribution in [2.24, 2.45) is 5.73 Å². The van der Waals surface area contributed by atoms with Gasteiger partial charge in [0.15, 0.2) is 0 Å². The van der Waals surface area contributed by atoms with Crippen molar-refractivity contribution in [3.63, 3.8) is 0 Å². The van der Waals surface area contributed by atoms with Crippen LogP contribution in [0.2, 0.25) is 0 Å². The average Bonchev–Trinajstić information content (AvgIpc) is 2.58. The lowest BCUT2D eigenvalue weighted by molar-refractivity contribution is 0.497. The molecule has 0 bridgehead atoms. The van der Waals surface area contributed by atoms with Crippen molar-refractivity contribution < 1.29 is 4.42 Å². The number of hydrogen-bond donors (Lipinski definition) is 1. The molecule has 0 saturated heterocycles. The number of aromatic nitrogens is 1. The molecule has 2 N–H and O–H groups in total. The molecule has 2 heterocycles. The molecule has 0 aliphatic carbocycles. The van der Waals surface area contributed by atoms with E-state index in [1.807, 2.05) is 32.2 Å². The minimum atomic E-state index is -0.0523. The van der Waals surface area contributed by atoms with Gasteiger partial charge in [0.25, 0.3) is 0 Å². The summed E-state index contributed by atoms with van der Waals surface area (Å²) in [5, 5.41) is 0. The molecule has 0 amide bonds. The lowest BCUT2D eigenvalue weighted by Gasteiger charge is -2.10. The molecule has 0 aliphatic heterocycles. The fourth-order valence-corrected chi connectivity index (χ4v) is 2.36. The lowest BCUT2D eigenvalue weighted by Crippen LogP contribution is -2.13. The molecule has 0 radical (unpaired) electrons. The predicted molar refractivity (Wildman–Crippen MR) is 70.8 cm³/mol. The van der Waals surface area contributed by atoms with Gasteiger partial charge in [0, 0.05) is 28.5 Å². The molecule has 0 aromatic carbocycles. The van der Waals surface area contributed by atoms with Gasteiger partial charge in [0.1, 0.15) is 11.5 Å². The summed E-state index contributed by atoms with van der Waals surface area (Å²) in [5.41, 5.74) is 8.38. The second-order valence-corrected chi connectivity index (χ2v) is 5.11. The molecule has 0 spiro atoms. The molecule has 0 saturated carbocycles. The van der Waals surface area contributed by atoms with Gasteiger partial charge in [0.2, 0.25) is 0 Å². The van der Waals surface area contributed by atoms with Crippen LogP contribution in [-0.2, 0) is 6.42 Å². The maximum Gasteiger partial charge on any atom is 0.105 e. The van der Waals surface area contributed by atoms with Crippen LogP contribution in [-0.4, -0.2) is 4.98 Å². The van der Waals surface area contributed by atoms with Crippen LogP contribution in [0.5, 0.6) is 0 Å². The van der Waals surface area contributed by atoms with Crippen LogP contribution in [0.1, 0.15) is 28.7 Å². The molecule has 1 unspecified atom stereocenters. The molecule has 0 aliphatic rings. The Labute approximate surface area is 109 Å². The van der Waals surface area contributed by atoms with Gasteiger partial charge in [-0.1, -0.05) is 0 Å². The first-order valence-electron chi connectivity index (χ1n) is 5.48. The molecule has 3 nitrogen and oxygen atoms in total. The first-order chi connectivity index (χ1) is 8.06. The maximum absolute atomic E-state index is 6.19. The first-order valence-corrected chi connectivity index (χ1v) is 6.27. The van der Waals surface area contributed by atoms with Crippen LogP contribution < -0.4 is 5.73 Å². The molecular formula is C13H15BrN2O. The Morgan fingerprint density at radius 2 is 2.12 bits per heavy atom. The third-order valence-electron chi connectivity index (χ3n) is 2.70. The normalized spacial score (nSPS) is 12.7. The van der Waals surface area contributed by atoms with Gasteiger partial charge in [-0.25, -0.2) is 0 Å². The number of halogens is 1. The Hall–Kier alpha value is -1.13. The van der Waals surface area contributed by atoms with Crippen LogP contribution in [0, 0.1) is 13.8 Å². The highest BCUT2D eigenvalue weighted by molar-refractivity contribution is 9.10. The van der Waals surface area contributed by atoms with E-state index in [0.29, 0.717) is 0 Å². The van der Waals surface area contributed by atoms with Crippen LogP contribution in [0.15, 0.2) is 33.4 Å². The van der Waals surface area contributed by atoms with E-state index in [0.717, 1.165) is 33.5 Å². The summed E-state index contributed by atoms with van der Waals surface area (Å²) < 4.78 is 6.47. The van der Waals surface area contributed by atoms with Crippen molar-refractivity contribution in [2.45, 2.75) is 26.3 Å². The smallest absolute Gasteiger partial charge is 0.105 e. The zero-order chi connectivity index (χ0) is 12.4. The van der Waals surface area contributed by atoms with Gasteiger partial charge in [-0.15, -0.1) is 0 Å². The van der Waals surface area contributed by atoms with Gasteiger partial charge >= 0.3 is 0 Å². The van der Waals surface area contributed by atoms with Crippen LogP contribution >= 0.6 is 15.9 Å². The zero-order valence-corrected chi connectivity index (χ0v) is 11.5. The van der Waals surface area contributed by atoms with E-state index in [-0.39, 0.29) is 6.04 Å². The Bertz CT molecular complexity index is 522. The van der Waals surface area contributed by atoms with E-state index in [1.54, 1.807) is 6.20 Å². The van der Waals surface area contributed by atoms with Gasteiger partial charge in [-0.3, -0.25) is 4.98 Å². The summed E-state index contributed by atoms with van der Waals surface area (Å²) >= 11 is 3.41. The Kier molecular flexibility index (Phi) is 3.64. The highest BCUT2D eigenvalue weighted by Crippen LogP contribution is 2.23. The topological polar surface area (TPSA) is 52.0 Å². The third kappa shape index (κ3) is 2.96. The summed E-state index contributed by atoms with van der Waals surface area (Å²) in [7, 11) is 0. The molecule has 17 heavy (non-hydrogen) atoms. The molecule has 2 rings (SSSR count). The van der Waals surface area contributed by atoms with Crippen LogP contribution in [0.4, 0.5) is 0 Å². The standard InChI is InChI=1S/C13H15BrN2O/c1-8-3-12(9(2)17-8)13(15)5-10-4-11(14)7-16-6-10/h3-4,6-7,13H,5,15H2,1-2H3. The average molecular weight is 295 g/mol. The second kappa shape index (κ2) is 5.02. The number of hydrogen-bond acceptors (Lipinski definition) is 3. The lowest BCUT2D eigenvalue weighted by atomic mass is 10.0. The Morgan fingerprint density at radius 3 is 2.71 bits per heavy atom. The third-order valence-corrected chi connectivity index (χ3v) is 3.13. The Morgan fingerprint density at radius 1 is 1.35 bits per heavy atom. The molecule has 90 valence electrons. The van der Waals surface area contributed by atoms with E-state index < -0.39 is 0 Å².